The molecule has 0 aromatic heterocycles. The van der Waals surface area contributed by atoms with E-state index in [0.29, 0.717) is 11.5 Å². The van der Waals surface area contributed by atoms with E-state index < -0.39 is 0 Å². The fourth-order valence-electron chi connectivity index (χ4n) is 3.47. The average molecular weight is 212 g/mol. The minimum atomic E-state index is 0.0707. The van der Waals surface area contributed by atoms with E-state index in [1.165, 1.54) is 12.8 Å². The zero-order chi connectivity index (χ0) is 11.1. The summed E-state index contributed by atoms with van der Waals surface area (Å²) in [4.78, 5) is 0. The molecule has 0 aromatic carbocycles. The summed E-state index contributed by atoms with van der Waals surface area (Å²) in [7, 11) is 0. The van der Waals surface area contributed by atoms with E-state index in [2.05, 4.69) is 20.8 Å². The summed E-state index contributed by atoms with van der Waals surface area (Å²) in [6.07, 6.45) is 4.15. The van der Waals surface area contributed by atoms with Crippen LogP contribution >= 0.6 is 0 Å². The first-order valence-electron chi connectivity index (χ1n) is 6.29. The predicted octanol–water partition coefficient (Wildman–Crippen LogP) is 3.21. The van der Waals surface area contributed by atoms with Crippen molar-refractivity contribution < 1.29 is 9.47 Å². The Morgan fingerprint density at radius 1 is 1.33 bits per heavy atom. The molecule has 0 spiro atoms. The van der Waals surface area contributed by atoms with Crippen molar-refractivity contribution in [2.24, 2.45) is 17.3 Å². The lowest BCUT2D eigenvalue weighted by atomic mass is 9.66. The maximum Gasteiger partial charge on any atom is 0.158 e. The first kappa shape index (κ1) is 11.4. The molecule has 2 nitrogen and oxygen atoms in total. The molecule has 0 amide bonds. The van der Waals surface area contributed by atoms with E-state index in [1.54, 1.807) is 0 Å². The molecule has 0 unspecified atom stereocenters. The quantitative estimate of drug-likeness (QED) is 0.699. The monoisotopic (exact) mass is 212 g/mol. The van der Waals surface area contributed by atoms with Crippen molar-refractivity contribution in [2.75, 3.05) is 6.61 Å². The third-order valence-electron chi connectivity index (χ3n) is 3.98. The highest BCUT2D eigenvalue weighted by Crippen LogP contribution is 2.48. The van der Waals surface area contributed by atoms with Crippen molar-refractivity contribution in [3.8, 4) is 0 Å². The SMILES string of the molecule is CCO[C@@H]1C[C@H]2[C@H](CC(C)(C)C[C@@H]2C)O1. The molecule has 2 aliphatic rings. The van der Waals surface area contributed by atoms with Gasteiger partial charge in [-0.05, 0) is 37.0 Å². The zero-order valence-electron chi connectivity index (χ0n) is 10.5. The Kier molecular flexibility index (Phi) is 3.09. The van der Waals surface area contributed by atoms with Crippen LogP contribution in [0, 0.1) is 17.3 Å². The lowest BCUT2D eigenvalue weighted by Gasteiger charge is -2.40. The molecule has 1 aliphatic heterocycles. The molecule has 2 heteroatoms. The number of rotatable bonds is 2. The van der Waals surface area contributed by atoms with Crippen LogP contribution < -0.4 is 0 Å². The topological polar surface area (TPSA) is 18.5 Å². The van der Waals surface area contributed by atoms with Gasteiger partial charge in [-0.3, -0.25) is 0 Å². The van der Waals surface area contributed by atoms with Crippen molar-refractivity contribution in [2.45, 2.75) is 59.4 Å². The first-order valence-corrected chi connectivity index (χ1v) is 6.29. The van der Waals surface area contributed by atoms with Gasteiger partial charge in [-0.15, -0.1) is 0 Å². The molecule has 0 aromatic rings. The zero-order valence-corrected chi connectivity index (χ0v) is 10.5. The molecular weight excluding hydrogens is 188 g/mol. The minimum Gasteiger partial charge on any atom is -0.353 e. The van der Waals surface area contributed by atoms with Gasteiger partial charge < -0.3 is 9.47 Å². The molecule has 1 heterocycles. The van der Waals surface area contributed by atoms with Crippen LogP contribution in [0.1, 0.15) is 47.0 Å². The molecule has 0 N–H and O–H groups in total. The largest absolute Gasteiger partial charge is 0.353 e. The number of fused-ring (bicyclic) bond motifs is 1. The second-order valence-corrected chi connectivity index (χ2v) is 6.01. The molecule has 2 fully saturated rings. The van der Waals surface area contributed by atoms with Gasteiger partial charge in [0, 0.05) is 13.0 Å². The van der Waals surface area contributed by atoms with Crippen LogP contribution in [0.15, 0.2) is 0 Å². The highest BCUT2D eigenvalue weighted by molar-refractivity contribution is 4.93. The van der Waals surface area contributed by atoms with Gasteiger partial charge in [-0.1, -0.05) is 20.8 Å². The van der Waals surface area contributed by atoms with Gasteiger partial charge in [0.2, 0.25) is 0 Å². The van der Waals surface area contributed by atoms with Gasteiger partial charge in [-0.25, -0.2) is 0 Å². The Labute approximate surface area is 93.3 Å². The summed E-state index contributed by atoms with van der Waals surface area (Å²) in [6.45, 7) is 9.89. The highest BCUT2D eigenvalue weighted by Gasteiger charge is 2.46. The third-order valence-corrected chi connectivity index (χ3v) is 3.98. The van der Waals surface area contributed by atoms with Gasteiger partial charge in [0.15, 0.2) is 6.29 Å². The van der Waals surface area contributed by atoms with E-state index in [-0.39, 0.29) is 6.29 Å². The summed E-state index contributed by atoms with van der Waals surface area (Å²) in [5.74, 6) is 1.51. The number of ether oxygens (including phenoxy) is 2. The summed E-state index contributed by atoms with van der Waals surface area (Å²) < 4.78 is 11.6. The van der Waals surface area contributed by atoms with Crippen LogP contribution in [-0.4, -0.2) is 19.0 Å². The molecule has 1 saturated carbocycles. The Balaban J connectivity index is 2.00. The normalized spacial score (nSPS) is 44.0. The van der Waals surface area contributed by atoms with Crippen LogP contribution in [-0.2, 0) is 9.47 Å². The standard InChI is InChI=1S/C13H24O2/c1-5-14-12-6-10-9(2)7-13(3,4)8-11(10)15-12/h9-12H,5-8H2,1-4H3/t9-,10+,11-,12-/m0/s1. The van der Waals surface area contributed by atoms with E-state index in [0.717, 1.165) is 24.9 Å². The molecule has 2 rings (SSSR count). The summed E-state index contributed by atoms with van der Waals surface area (Å²) >= 11 is 0. The molecule has 0 bridgehead atoms. The Morgan fingerprint density at radius 3 is 2.73 bits per heavy atom. The van der Waals surface area contributed by atoms with Gasteiger partial charge in [0.1, 0.15) is 0 Å². The lowest BCUT2D eigenvalue weighted by molar-refractivity contribution is -0.141. The lowest BCUT2D eigenvalue weighted by Crippen LogP contribution is -2.36. The molecule has 15 heavy (non-hydrogen) atoms. The molecule has 88 valence electrons. The van der Waals surface area contributed by atoms with E-state index in [9.17, 15) is 0 Å². The molecule has 0 radical (unpaired) electrons. The van der Waals surface area contributed by atoms with Gasteiger partial charge in [0.25, 0.3) is 0 Å². The van der Waals surface area contributed by atoms with E-state index in [4.69, 9.17) is 9.47 Å². The smallest absolute Gasteiger partial charge is 0.158 e. The van der Waals surface area contributed by atoms with Crippen LogP contribution in [0.4, 0.5) is 0 Å². The Bertz CT molecular complexity index is 225. The fraction of sp³-hybridized carbons (Fsp3) is 1.00. The molecule has 1 aliphatic carbocycles. The van der Waals surface area contributed by atoms with E-state index >= 15 is 0 Å². The first-order chi connectivity index (χ1) is 7.02. The van der Waals surface area contributed by atoms with Crippen LogP contribution in [0.5, 0.6) is 0 Å². The Hall–Kier alpha value is -0.0800. The van der Waals surface area contributed by atoms with Crippen molar-refractivity contribution in [3.05, 3.63) is 0 Å². The molecular formula is C13H24O2. The van der Waals surface area contributed by atoms with Crippen molar-refractivity contribution in [3.63, 3.8) is 0 Å². The van der Waals surface area contributed by atoms with Gasteiger partial charge >= 0.3 is 0 Å². The number of hydrogen-bond donors (Lipinski definition) is 0. The summed E-state index contributed by atoms with van der Waals surface area (Å²) in [6, 6.07) is 0. The van der Waals surface area contributed by atoms with Crippen LogP contribution in [0.2, 0.25) is 0 Å². The maximum absolute atomic E-state index is 5.99. The average Bonchev–Trinajstić information content (AvgIpc) is 2.46. The van der Waals surface area contributed by atoms with Crippen molar-refractivity contribution >= 4 is 0 Å². The highest BCUT2D eigenvalue weighted by atomic mass is 16.7. The van der Waals surface area contributed by atoms with E-state index in [1.807, 2.05) is 6.92 Å². The van der Waals surface area contributed by atoms with Crippen LogP contribution in [0.25, 0.3) is 0 Å². The maximum atomic E-state index is 5.99. The van der Waals surface area contributed by atoms with Gasteiger partial charge in [0.05, 0.1) is 6.10 Å². The van der Waals surface area contributed by atoms with Crippen molar-refractivity contribution in [1.29, 1.82) is 0 Å². The minimum absolute atomic E-state index is 0.0707. The van der Waals surface area contributed by atoms with Gasteiger partial charge in [-0.2, -0.15) is 0 Å². The predicted molar refractivity (Wildman–Crippen MR) is 60.6 cm³/mol. The molecule has 4 atom stereocenters. The Morgan fingerprint density at radius 2 is 2.07 bits per heavy atom. The summed E-state index contributed by atoms with van der Waals surface area (Å²) in [5.41, 5.74) is 0.446. The second kappa shape index (κ2) is 4.06. The van der Waals surface area contributed by atoms with Crippen molar-refractivity contribution in [1.82, 2.24) is 0 Å². The number of hydrogen-bond acceptors (Lipinski definition) is 2. The second-order valence-electron chi connectivity index (χ2n) is 6.01. The third kappa shape index (κ3) is 2.36. The van der Waals surface area contributed by atoms with Crippen LogP contribution in [0.3, 0.4) is 0 Å². The molecule has 1 saturated heterocycles. The fourth-order valence-corrected chi connectivity index (χ4v) is 3.47. The summed E-state index contributed by atoms with van der Waals surface area (Å²) in [5, 5.41) is 0.